The second kappa shape index (κ2) is 7.45. The lowest BCUT2D eigenvalue weighted by atomic mass is 10.1. The highest BCUT2D eigenvalue weighted by Crippen LogP contribution is 2.25. The molecule has 0 aliphatic rings. The quantitative estimate of drug-likeness (QED) is 0.833. The standard InChI is InChI=1S/C17H19NO4/c1-3-10-18-16(19)12(2)22-17(20)15-14(9-11-21-15)13-7-5-4-6-8-13/h4-9,11-12H,3,10H2,1-2H3,(H,18,19). The zero-order valence-corrected chi connectivity index (χ0v) is 12.7. The van der Waals surface area contributed by atoms with Crippen molar-refractivity contribution in [2.75, 3.05) is 6.54 Å². The van der Waals surface area contributed by atoms with Crippen LogP contribution in [0.5, 0.6) is 0 Å². The predicted octanol–water partition coefficient (Wildman–Crippen LogP) is 3.02. The molecule has 0 aliphatic heterocycles. The number of amides is 1. The maximum atomic E-state index is 12.2. The van der Waals surface area contributed by atoms with E-state index in [9.17, 15) is 9.59 Å². The zero-order valence-electron chi connectivity index (χ0n) is 12.7. The zero-order chi connectivity index (χ0) is 15.9. The fraction of sp³-hybridized carbons (Fsp3) is 0.294. The summed E-state index contributed by atoms with van der Waals surface area (Å²) in [6.07, 6.45) is 1.39. The van der Waals surface area contributed by atoms with Crippen LogP contribution in [0.1, 0.15) is 30.8 Å². The van der Waals surface area contributed by atoms with Gasteiger partial charge in [-0.2, -0.15) is 0 Å². The number of nitrogens with one attached hydrogen (secondary N) is 1. The Labute approximate surface area is 129 Å². The van der Waals surface area contributed by atoms with Gasteiger partial charge in [-0.25, -0.2) is 4.79 Å². The van der Waals surface area contributed by atoms with Crippen LogP contribution in [0.4, 0.5) is 0 Å². The summed E-state index contributed by atoms with van der Waals surface area (Å²) in [4.78, 5) is 23.9. The van der Waals surface area contributed by atoms with Crippen LogP contribution in [0.25, 0.3) is 11.1 Å². The van der Waals surface area contributed by atoms with E-state index >= 15 is 0 Å². The van der Waals surface area contributed by atoms with Gasteiger partial charge >= 0.3 is 5.97 Å². The van der Waals surface area contributed by atoms with E-state index in [1.165, 1.54) is 13.2 Å². The van der Waals surface area contributed by atoms with Gasteiger partial charge in [0, 0.05) is 12.1 Å². The fourth-order valence-corrected chi connectivity index (χ4v) is 1.97. The molecule has 1 heterocycles. The van der Waals surface area contributed by atoms with Crippen LogP contribution in [-0.4, -0.2) is 24.5 Å². The van der Waals surface area contributed by atoms with Gasteiger partial charge in [0.25, 0.3) is 5.91 Å². The van der Waals surface area contributed by atoms with Crippen molar-refractivity contribution in [3.8, 4) is 11.1 Å². The molecular formula is C17H19NO4. The molecule has 2 aromatic rings. The first kappa shape index (κ1) is 15.8. The summed E-state index contributed by atoms with van der Waals surface area (Å²) < 4.78 is 10.4. The van der Waals surface area contributed by atoms with E-state index in [0.717, 1.165) is 12.0 Å². The van der Waals surface area contributed by atoms with Gasteiger partial charge in [0.1, 0.15) is 0 Å². The molecule has 2 rings (SSSR count). The molecule has 1 atom stereocenters. The van der Waals surface area contributed by atoms with Crippen LogP contribution in [0, 0.1) is 0 Å². The summed E-state index contributed by atoms with van der Waals surface area (Å²) in [6.45, 7) is 4.04. The number of rotatable bonds is 6. The van der Waals surface area contributed by atoms with Crippen molar-refractivity contribution in [2.45, 2.75) is 26.4 Å². The Morgan fingerprint density at radius 1 is 1.23 bits per heavy atom. The number of ether oxygens (including phenoxy) is 1. The molecule has 1 aromatic heterocycles. The second-order valence-corrected chi connectivity index (χ2v) is 4.87. The number of furan rings is 1. The van der Waals surface area contributed by atoms with Gasteiger partial charge in [0.15, 0.2) is 6.10 Å². The van der Waals surface area contributed by atoms with Gasteiger partial charge in [0.2, 0.25) is 5.76 Å². The van der Waals surface area contributed by atoms with E-state index in [0.29, 0.717) is 12.1 Å². The van der Waals surface area contributed by atoms with Crippen molar-refractivity contribution in [2.24, 2.45) is 0 Å². The Hall–Kier alpha value is -2.56. The van der Waals surface area contributed by atoms with Crippen LogP contribution in [0.3, 0.4) is 0 Å². The molecule has 0 saturated carbocycles. The van der Waals surface area contributed by atoms with E-state index < -0.39 is 12.1 Å². The van der Waals surface area contributed by atoms with E-state index in [2.05, 4.69) is 5.32 Å². The summed E-state index contributed by atoms with van der Waals surface area (Å²) in [7, 11) is 0. The van der Waals surface area contributed by atoms with Crippen LogP contribution < -0.4 is 5.32 Å². The van der Waals surface area contributed by atoms with E-state index in [1.807, 2.05) is 37.3 Å². The molecule has 0 bridgehead atoms. The molecule has 22 heavy (non-hydrogen) atoms. The first-order chi connectivity index (χ1) is 10.6. The number of carbonyl (C=O) groups excluding carboxylic acids is 2. The average Bonchev–Trinajstić information content (AvgIpc) is 3.03. The smallest absolute Gasteiger partial charge is 0.375 e. The minimum Gasteiger partial charge on any atom is -0.457 e. The van der Waals surface area contributed by atoms with Gasteiger partial charge in [-0.05, 0) is 25.0 Å². The normalized spacial score (nSPS) is 11.7. The molecule has 5 nitrogen and oxygen atoms in total. The summed E-state index contributed by atoms with van der Waals surface area (Å²) in [5, 5.41) is 2.68. The lowest BCUT2D eigenvalue weighted by Gasteiger charge is -2.12. The molecule has 5 heteroatoms. The van der Waals surface area contributed by atoms with Crippen LogP contribution in [0.2, 0.25) is 0 Å². The van der Waals surface area contributed by atoms with E-state index in [1.54, 1.807) is 6.07 Å². The monoisotopic (exact) mass is 301 g/mol. The van der Waals surface area contributed by atoms with Gasteiger partial charge in [-0.1, -0.05) is 37.3 Å². The molecule has 0 radical (unpaired) electrons. The number of carbonyl (C=O) groups is 2. The third-order valence-corrected chi connectivity index (χ3v) is 3.14. The van der Waals surface area contributed by atoms with Crippen molar-refractivity contribution in [1.82, 2.24) is 5.32 Å². The van der Waals surface area contributed by atoms with Gasteiger partial charge in [-0.15, -0.1) is 0 Å². The highest BCUT2D eigenvalue weighted by Gasteiger charge is 2.23. The highest BCUT2D eigenvalue weighted by molar-refractivity contribution is 5.96. The Balaban J connectivity index is 2.08. The topological polar surface area (TPSA) is 68.5 Å². The van der Waals surface area contributed by atoms with Crippen molar-refractivity contribution < 1.29 is 18.7 Å². The molecule has 1 aromatic carbocycles. The molecule has 0 aliphatic carbocycles. The first-order valence-electron chi connectivity index (χ1n) is 7.25. The molecule has 0 spiro atoms. The predicted molar refractivity (Wildman–Crippen MR) is 82.3 cm³/mol. The van der Waals surface area contributed by atoms with Crippen LogP contribution in [0.15, 0.2) is 47.1 Å². The average molecular weight is 301 g/mol. The Morgan fingerprint density at radius 2 is 1.95 bits per heavy atom. The maximum absolute atomic E-state index is 12.2. The number of hydrogen-bond donors (Lipinski definition) is 1. The largest absolute Gasteiger partial charge is 0.457 e. The van der Waals surface area contributed by atoms with Crippen LogP contribution in [-0.2, 0) is 9.53 Å². The Bertz CT molecular complexity index is 633. The van der Waals surface area contributed by atoms with Crippen molar-refractivity contribution in [3.63, 3.8) is 0 Å². The van der Waals surface area contributed by atoms with Crippen molar-refractivity contribution in [3.05, 3.63) is 48.4 Å². The molecule has 0 saturated heterocycles. The minimum absolute atomic E-state index is 0.0985. The molecule has 1 unspecified atom stereocenters. The van der Waals surface area contributed by atoms with E-state index in [-0.39, 0.29) is 11.7 Å². The molecule has 1 N–H and O–H groups in total. The summed E-state index contributed by atoms with van der Waals surface area (Å²) >= 11 is 0. The van der Waals surface area contributed by atoms with Gasteiger partial charge in [0.05, 0.1) is 6.26 Å². The lowest BCUT2D eigenvalue weighted by Crippen LogP contribution is -2.36. The van der Waals surface area contributed by atoms with Crippen molar-refractivity contribution >= 4 is 11.9 Å². The summed E-state index contributed by atoms with van der Waals surface area (Å²) in [6, 6.07) is 11.1. The number of benzene rings is 1. The molecule has 1 amide bonds. The van der Waals surface area contributed by atoms with Gasteiger partial charge < -0.3 is 14.5 Å². The Morgan fingerprint density at radius 3 is 2.64 bits per heavy atom. The van der Waals surface area contributed by atoms with E-state index in [4.69, 9.17) is 9.15 Å². The third kappa shape index (κ3) is 3.75. The Kier molecular flexibility index (Phi) is 5.36. The summed E-state index contributed by atoms with van der Waals surface area (Å²) in [5.74, 6) is -0.868. The minimum atomic E-state index is -0.868. The number of esters is 1. The number of hydrogen-bond acceptors (Lipinski definition) is 4. The molecule has 0 fully saturated rings. The van der Waals surface area contributed by atoms with Crippen LogP contribution >= 0.6 is 0 Å². The second-order valence-electron chi connectivity index (χ2n) is 4.87. The summed E-state index contributed by atoms with van der Waals surface area (Å²) in [5.41, 5.74) is 1.50. The SMILES string of the molecule is CCCNC(=O)C(C)OC(=O)c1occc1-c1ccccc1. The molecule has 116 valence electrons. The third-order valence-electron chi connectivity index (χ3n) is 3.14. The molecular weight excluding hydrogens is 282 g/mol. The van der Waals surface area contributed by atoms with Crippen molar-refractivity contribution in [1.29, 1.82) is 0 Å². The first-order valence-corrected chi connectivity index (χ1v) is 7.25. The highest BCUT2D eigenvalue weighted by atomic mass is 16.6. The van der Waals surface area contributed by atoms with Gasteiger partial charge in [-0.3, -0.25) is 4.79 Å². The fourth-order valence-electron chi connectivity index (χ4n) is 1.97. The maximum Gasteiger partial charge on any atom is 0.375 e. The lowest BCUT2D eigenvalue weighted by molar-refractivity contribution is -0.129.